The molecule has 2 aromatic carbocycles. The molecule has 1 aliphatic rings. The summed E-state index contributed by atoms with van der Waals surface area (Å²) >= 11 is 0. The predicted octanol–water partition coefficient (Wildman–Crippen LogP) is 2.64. The van der Waals surface area contributed by atoms with Gasteiger partial charge in [0.25, 0.3) is 0 Å². The maximum atomic E-state index is 9.10. The van der Waals surface area contributed by atoms with Crippen molar-refractivity contribution in [2.45, 2.75) is 19.3 Å². The van der Waals surface area contributed by atoms with E-state index in [-0.39, 0.29) is 0 Å². The zero-order chi connectivity index (χ0) is 22.5. The van der Waals surface area contributed by atoms with Crippen LogP contribution < -0.4 is 4.74 Å². The highest BCUT2D eigenvalue weighted by Crippen LogP contribution is 2.13. The van der Waals surface area contributed by atoms with Gasteiger partial charge in [0.05, 0.1) is 7.11 Å². The molecule has 0 unspecified atom stereocenters. The summed E-state index contributed by atoms with van der Waals surface area (Å²) in [5.74, 6) is -2.71. The molecule has 0 spiro atoms. The Labute approximate surface area is 183 Å². The summed E-state index contributed by atoms with van der Waals surface area (Å²) < 4.78 is 5.22. The monoisotopic (exact) mass is 428 g/mol. The Hall–Kier alpha value is -2.90. The van der Waals surface area contributed by atoms with Crippen molar-refractivity contribution in [2.24, 2.45) is 0 Å². The largest absolute Gasteiger partial charge is 0.497 e. The molecule has 1 saturated heterocycles. The van der Waals surface area contributed by atoms with Gasteiger partial charge in [-0.3, -0.25) is 0 Å². The molecule has 0 saturated carbocycles. The van der Waals surface area contributed by atoms with Crippen LogP contribution in [0.2, 0.25) is 0 Å². The molecule has 1 heterocycles. The number of piperazine rings is 1. The molecular formula is C24H32N2O5. The second kappa shape index (κ2) is 13.4. The van der Waals surface area contributed by atoms with Crippen molar-refractivity contribution in [3.8, 4) is 5.75 Å². The molecule has 0 aliphatic carbocycles. The van der Waals surface area contributed by atoms with Gasteiger partial charge in [0, 0.05) is 32.7 Å². The minimum atomic E-state index is -1.82. The predicted molar refractivity (Wildman–Crippen MR) is 120 cm³/mol. The Morgan fingerprint density at radius 1 is 0.774 bits per heavy atom. The molecule has 1 aliphatic heterocycles. The van der Waals surface area contributed by atoms with Crippen LogP contribution in [0.4, 0.5) is 0 Å². The van der Waals surface area contributed by atoms with Crippen LogP contribution in [0, 0.1) is 0 Å². The minimum absolute atomic E-state index is 0.938. The number of ether oxygens (including phenoxy) is 1. The Morgan fingerprint density at radius 2 is 1.29 bits per heavy atom. The molecule has 0 radical (unpaired) electrons. The van der Waals surface area contributed by atoms with E-state index in [2.05, 4.69) is 64.4 Å². The number of aryl methyl sites for hydroxylation is 1. The van der Waals surface area contributed by atoms with Gasteiger partial charge in [-0.1, -0.05) is 42.5 Å². The summed E-state index contributed by atoms with van der Waals surface area (Å²) in [5.41, 5.74) is 2.85. The first-order valence-electron chi connectivity index (χ1n) is 10.6. The van der Waals surface area contributed by atoms with E-state index in [0.717, 1.165) is 18.7 Å². The van der Waals surface area contributed by atoms with Gasteiger partial charge in [0.1, 0.15) is 5.75 Å². The Bertz CT molecular complexity index is 775. The lowest BCUT2D eigenvalue weighted by atomic mass is 10.1. The minimum Gasteiger partial charge on any atom is -0.497 e. The molecule has 168 valence electrons. The molecule has 0 bridgehead atoms. The van der Waals surface area contributed by atoms with Crippen LogP contribution in [-0.2, 0) is 22.4 Å². The lowest BCUT2D eigenvalue weighted by Crippen LogP contribution is -2.47. The summed E-state index contributed by atoms with van der Waals surface area (Å²) in [5, 5.41) is 14.8. The fraction of sp³-hybridized carbons (Fsp3) is 0.417. The quantitative estimate of drug-likeness (QED) is 0.625. The van der Waals surface area contributed by atoms with Gasteiger partial charge >= 0.3 is 11.9 Å². The van der Waals surface area contributed by atoms with Crippen LogP contribution >= 0.6 is 0 Å². The number of hydrogen-bond donors (Lipinski definition) is 2. The van der Waals surface area contributed by atoms with Gasteiger partial charge in [0.2, 0.25) is 0 Å². The highest BCUT2D eigenvalue weighted by Gasteiger charge is 2.16. The molecule has 2 N–H and O–H groups in total. The fourth-order valence-corrected chi connectivity index (χ4v) is 3.47. The average molecular weight is 429 g/mol. The molecule has 7 heteroatoms. The van der Waals surface area contributed by atoms with E-state index in [0.29, 0.717) is 0 Å². The first-order valence-corrected chi connectivity index (χ1v) is 10.6. The lowest BCUT2D eigenvalue weighted by molar-refractivity contribution is -0.159. The number of rotatable bonds is 8. The third-order valence-electron chi connectivity index (χ3n) is 5.31. The molecule has 0 atom stereocenters. The van der Waals surface area contributed by atoms with Crippen LogP contribution in [0.15, 0.2) is 54.6 Å². The molecule has 31 heavy (non-hydrogen) atoms. The van der Waals surface area contributed by atoms with Crippen LogP contribution in [0.5, 0.6) is 5.75 Å². The van der Waals surface area contributed by atoms with Crippen LogP contribution in [0.3, 0.4) is 0 Å². The summed E-state index contributed by atoms with van der Waals surface area (Å²) in [6.07, 6.45) is 3.58. The number of nitrogens with zero attached hydrogens (tertiary/aromatic N) is 2. The van der Waals surface area contributed by atoms with E-state index >= 15 is 0 Å². The summed E-state index contributed by atoms with van der Waals surface area (Å²) in [4.78, 5) is 23.4. The Morgan fingerprint density at radius 3 is 1.81 bits per heavy atom. The van der Waals surface area contributed by atoms with Crippen molar-refractivity contribution in [2.75, 3.05) is 46.4 Å². The van der Waals surface area contributed by atoms with Gasteiger partial charge in [-0.2, -0.15) is 0 Å². The molecule has 2 aromatic rings. The molecule has 3 rings (SSSR count). The summed E-state index contributed by atoms with van der Waals surface area (Å²) in [7, 11) is 1.72. The van der Waals surface area contributed by atoms with E-state index in [1.807, 2.05) is 0 Å². The summed E-state index contributed by atoms with van der Waals surface area (Å²) in [6.45, 7) is 7.18. The maximum absolute atomic E-state index is 9.10. The van der Waals surface area contributed by atoms with Gasteiger partial charge in [-0.15, -0.1) is 0 Å². The smallest absolute Gasteiger partial charge is 0.414 e. The number of carboxylic acid groups (broad SMARTS) is 2. The first kappa shape index (κ1) is 24.4. The van der Waals surface area contributed by atoms with Crippen molar-refractivity contribution >= 4 is 11.9 Å². The van der Waals surface area contributed by atoms with Crippen molar-refractivity contribution < 1.29 is 24.5 Å². The number of benzene rings is 2. The molecule has 1 fully saturated rings. The standard InChI is InChI=1S/C22H30N2O.C2H2O4/c1-25-22-11-9-21(10-12-22)13-15-24-18-16-23(17-19-24)14-5-8-20-6-3-2-4-7-20;3-1(4)2(5)6/h2-4,6-7,9-12H,5,8,13-19H2,1H3;(H,3,4)(H,5,6). The highest BCUT2D eigenvalue weighted by molar-refractivity contribution is 6.27. The Kier molecular flexibility index (Phi) is 10.5. The van der Waals surface area contributed by atoms with E-state index in [1.165, 1.54) is 56.7 Å². The average Bonchev–Trinajstić information content (AvgIpc) is 2.80. The zero-order valence-electron chi connectivity index (χ0n) is 18.1. The third kappa shape index (κ3) is 9.63. The van der Waals surface area contributed by atoms with Crippen molar-refractivity contribution in [1.29, 1.82) is 0 Å². The second-order valence-corrected chi connectivity index (χ2v) is 7.48. The molecule has 0 amide bonds. The number of methoxy groups -OCH3 is 1. The lowest BCUT2D eigenvalue weighted by Gasteiger charge is -2.34. The topological polar surface area (TPSA) is 90.3 Å². The van der Waals surface area contributed by atoms with Gasteiger partial charge < -0.3 is 24.7 Å². The van der Waals surface area contributed by atoms with Crippen LogP contribution in [0.25, 0.3) is 0 Å². The number of hydrogen-bond acceptors (Lipinski definition) is 5. The van der Waals surface area contributed by atoms with Crippen LogP contribution in [0.1, 0.15) is 17.5 Å². The zero-order valence-corrected chi connectivity index (χ0v) is 18.1. The maximum Gasteiger partial charge on any atom is 0.414 e. The Balaban J connectivity index is 0.000000501. The molecule has 7 nitrogen and oxygen atoms in total. The van der Waals surface area contributed by atoms with E-state index < -0.39 is 11.9 Å². The molecular weight excluding hydrogens is 396 g/mol. The first-order chi connectivity index (χ1) is 15.0. The van der Waals surface area contributed by atoms with Crippen molar-refractivity contribution in [3.05, 3.63) is 65.7 Å². The molecule has 0 aromatic heterocycles. The van der Waals surface area contributed by atoms with E-state index in [1.54, 1.807) is 7.11 Å². The normalized spacial score (nSPS) is 14.4. The number of carboxylic acids is 2. The van der Waals surface area contributed by atoms with Crippen LogP contribution in [-0.4, -0.2) is 78.3 Å². The SMILES string of the molecule is COc1ccc(CCN2CCN(CCCc3ccccc3)CC2)cc1.O=C(O)C(=O)O. The van der Waals surface area contributed by atoms with Gasteiger partial charge in [-0.25, -0.2) is 9.59 Å². The van der Waals surface area contributed by atoms with Crippen molar-refractivity contribution in [3.63, 3.8) is 0 Å². The van der Waals surface area contributed by atoms with Gasteiger partial charge in [-0.05, 0) is 49.1 Å². The third-order valence-corrected chi connectivity index (χ3v) is 5.31. The van der Waals surface area contributed by atoms with E-state index in [9.17, 15) is 0 Å². The summed E-state index contributed by atoms with van der Waals surface area (Å²) in [6, 6.07) is 19.3. The number of aliphatic carboxylic acids is 2. The second-order valence-electron chi connectivity index (χ2n) is 7.48. The number of carbonyl (C=O) groups is 2. The fourth-order valence-electron chi connectivity index (χ4n) is 3.47. The highest BCUT2D eigenvalue weighted by atomic mass is 16.5. The van der Waals surface area contributed by atoms with Gasteiger partial charge in [0.15, 0.2) is 0 Å². The van der Waals surface area contributed by atoms with Crippen molar-refractivity contribution in [1.82, 2.24) is 9.80 Å². The van der Waals surface area contributed by atoms with E-state index in [4.69, 9.17) is 24.5 Å².